The van der Waals surface area contributed by atoms with Crippen molar-refractivity contribution in [3.8, 4) is 0 Å². The number of aromatic amines is 1. The fourth-order valence-corrected chi connectivity index (χ4v) is 2.24. The van der Waals surface area contributed by atoms with Crippen molar-refractivity contribution in [2.75, 3.05) is 10.2 Å². The van der Waals surface area contributed by atoms with E-state index in [4.69, 9.17) is 0 Å². The molecule has 0 aliphatic carbocycles. The summed E-state index contributed by atoms with van der Waals surface area (Å²) in [5, 5.41) is 9.10. The summed E-state index contributed by atoms with van der Waals surface area (Å²) in [5.41, 5.74) is 0.0496. The number of H-pyrrole nitrogens is 1. The molecule has 1 aromatic heterocycles. The summed E-state index contributed by atoms with van der Waals surface area (Å²) in [6, 6.07) is 14.1. The topological polar surface area (TPSA) is 61.0 Å². The Balaban J connectivity index is 1.84. The molecule has 0 atom stereocenters. The maximum atomic E-state index is 12.6. The number of alkyl halides is 3. The third-order valence-electron chi connectivity index (χ3n) is 3.41. The molecule has 128 valence electrons. The van der Waals surface area contributed by atoms with Gasteiger partial charge in [-0.1, -0.05) is 18.2 Å². The largest absolute Gasteiger partial charge is 0.416 e. The standard InChI is InChI=1S/C17H13F3N4O/c18-17(19,20)12-6-8-13(9-7-12)22-16(25)24(15-10-11-21-23-15)14-4-2-1-3-5-14/h1-11H,(H,21,23)(H,22,25). The molecule has 2 N–H and O–H groups in total. The Morgan fingerprint density at radius 3 is 2.24 bits per heavy atom. The van der Waals surface area contributed by atoms with Crippen molar-refractivity contribution in [3.05, 3.63) is 72.4 Å². The lowest BCUT2D eigenvalue weighted by molar-refractivity contribution is -0.137. The first-order valence-corrected chi connectivity index (χ1v) is 7.28. The number of anilines is 3. The van der Waals surface area contributed by atoms with Crippen LogP contribution in [-0.4, -0.2) is 16.2 Å². The van der Waals surface area contributed by atoms with E-state index in [9.17, 15) is 18.0 Å². The average Bonchev–Trinajstić information content (AvgIpc) is 3.10. The smallest absolute Gasteiger partial charge is 0.307 e. The number of benzene rings is 2. The van der Waals surface area contributed by atoms with Gasteiger partial charge in [0.1, 0.15) is 5.82 Å². The molecule has 2 aromatic carbocycles. The second-order valence-electron chi connectivity index (χ2n) is 5.12. The van der Waals surface area contributed by atoms with E-state index in [1.165, 1.54) is 23.2 Å². The normalized spacial score (nSPS) is 11.2. The van der Waals surface area contributed by atoms with Crippen LogP contribution in [0.3, 0.4) is 0 Å². The van der Waals surface area contributed by atoms with Crippen LogP contribution in [0.5, 0.6) is 0 Å². The number of rotatable bonds is 3. The predicted octanol–water partition coefficient (Wildman–Crippen LogP) is 4.80. The fourth-order valence-electron chi connectivity index (χ4n) is 2.24. The Kier molecular flexibility index (Phi) is 4.42. The lowest BCUT2D eigenvalue weighted by atomic mass is 10.2. The number of carbonyl (C=O) groups is 1. The van der Waals surface area contributed by atoms with Crippen LogP contribution >= 0.6 is 0 Å². The lowest BCUT2D eigenvalue weighted by Gasteiger charge is -2.21. The number of urea groups is 1. The molecule has 0 aliphatic rings. The zero-order chi connectivity index (χ0) is 17.9. The SMILES string of the molecule is O=C(Nc1ccc(C(F)(F)F)cc1)N(c1ccccc1)c1ccn[nH]1. The van der Waals surface area contributed by atoms with E-state index in [0.717, 1.165) is 12.1 Å². The first-order chi connectivity index (χ1) is 11.9. The maximum absolute atomic E-state index is 12.6. The third kappa shape index (κ3) is 3.79. The summed E-state index contributed by atoms with van der Waals surface area (Å²) in [4.78, 5) is 14.0. The van der Waals surface area contributed by atoms with Crippen molar-refractivity contribution in [2.45, 2.75) is 6.18 Å². The van der Waals surface area contributed by atoms with Gasteiger partial charge in [-0.25, -0.2) is 9.69 Å². The van der Waals surface area contributed by atoms with Crippen molar-refractivity contribution in [3.63, 3.8) is 0 Å². The molecule has 0 unspecified atom stereocenters. The number of amides is 2. The van der Waals surface area contributed by atoms with Gasteiger partial charge in [0, 0.05) is 11.8 Å². The number of hydrogen-bond donors (Lipinski definition) is 2. The number of aromatic nitrogens is 2. The molecule has 3 aromatic rings. The first-order valence-electron chi connectivity index (χ1n) is 7.28. The van der Waals surface area contributed by atoms with Gasteiger partial charge < -0.3 is 5.32 Å². The molecule has 3 rings (SSSR count). The Bertz CT molecular complexity index is 831. The minimum atomic E-state index is -4.42. The van der Waals surface area contributed by atoms with Gasteiger partial charge in [-0.2, -0.15) is 18.3 Å². The number of halogens is 3. The highest BCUT2D eigenvalue weighted by Gasteiger charge is 2.30. The Morgan fingerprint density at radius 2 is 1.68 bits per heavy atom. The molecular weight excluding hydrogens is 333 g/mol. The molecule has 1 heterocycles. The van der Waals surface area contributed by atoms with Gasteiger partial charge in [0.05, 0.1) is 17.4 Å². The summed E-state index contributed by atoms with van der Waals surface area (Å²) in [6.45, 7) is 0. The zero-order valence-corrected chi connectivity index (χ0v) is 12.8. The van der Waals surface area contributed by atoms with E-state index in [0.29, 0.717) is 11.5 Å². The zero-order valence-electron chi connectivity index (χ0n) is 12.8. The minimum absolute atomic E-state index is 0.249. The monoisotopic (exact) mass is 346 g/mol. The molecule has 0 aliphatic heterocycles. The molecule has 0 radical (unpaired) electrons. The van der Waals surface area contributed by atoms with Crippen LogP contribution in [0.2, 0.25) is 0 Å². The molecule has 2 amide bonds. The number of hydrogen-bond acceptors (Lipinski definition) is 2. The molecule has 0 saturated heterocycles. The van der Waals surface area contributed by atoms with E-state index >= 15 is 0 Å². The minimum Gasteiger partial charge on any atom is -0.307 e. The van der Waals surface area contributed by atoms with Crippen molar-refractivity contribution < 1.29 is 18.0 Å². The Morgan fingerprint density at radius 1 is 1.00 bits per heavy atom. The van der Waals surface area contributed by atoms with Gasteiger partial charge in [-0.05, 0) is 36.4 Å². The average molecular weight is 346 g/mol. The molecule has 5 nitrogen and oxygen atoms in total. The van der Waals surface area contributed by atoms with Gasteiger partial charge in [0.15, 0.2) is 0 Å². The third-order valence-corrected chi connectivity index (χ3v) is 3.41. The molecular formula is C17H13F3N4O. The summed E-state index contributed by atoms with van der Waals surface area (Å²) in [6.07, 6.45) is -2.93. The van der Waals surface area contributed by atoms with Crippen LogP contribution < -0.4 is 10.2 Å². The molecule has 8 heteroatoms. The molecule has 0 fully saturated rings. The molecule has 0 saturated carbocycles. The van der Waals surface area contributed by atoms with Crippen molar-refractivity contribution in [1.82, 2.24) is 10.2 Å². The van der Waals surface area contributed by atoms with E-state index in [1.807, 2.05) is 6.07 Å². The summed E-state index contributed by atoms with van der Waals surface area (Å²) >= 11 is 0. The summed E-state index contributed by atoms with van der Waals surface area (Å²) in [7, 11) is 0. The second kappa shape index (κ2) is 6.68. The van der Waals surface area contributed by atoms with Gasteiger partial charge in [0.2, 0.25) is 0 Å². The van der Waals surface area contributed by atoms with E-state index in [1.54, 1.807) is 30.3 Å². The maximum Gasteiger partial charge on any atom is 0.416 e. The number of nitrogens with zero attached hydrogens (tertiary/aromatic N) is 2. The highest BCUT2D eigenvalue weighted by atomic mass is 19.4. The molecule has 0 bridgehead atoms. The van der Waals surface area contributed by atoms with Crippen molar-refractivity contribution in [2.24, 2.45) is 0 Å². The number of carbonyl (C=O) groups excluding carboxylic acids is 1. The molecule has 0 spiro atoms. The van der Waals surface area contributed by atoms with Crippen molar-refractivity contribution in [1.29, 1.82) is 0 Å². The lowest BCUT2D eigenvalue weighted by Crippen LogP contribution is -2.31. The van der Waals surface area contributed by atoms with Crippen LogP contribution in [-0.2, 0) is 6.18 Å². The predicted molar refractivity (Wildman–Crippen MR) is 87.6 cm³/mol. The van der Waals surface area contributed by atoms with E-state index in [2.05, 4.69) is 15.5 Å². The highest BCUT2D eigenvalue weighted by Crippen LogP contribution is 2.30. The second-order valence-corrected chi connectivity index (χ2v) is 5.12. The van der Waals surface area contributed by atoms with Gasteiger partial charge in [-0.15, -0.1) is 0 Å². The van der Waals surface area contributed by atoms with E-state index < -0.39 is 17.8 Å². The summed E-state index contributed by atoms with van der Waals surface area (Å²) < 4.78 is 37.8. The first kappa shape index (κ1) is 16.6. The van der Waals surface area contributed by atoms with Gasteiger partial charge in [-0.3, -0.25) is 5.10 Å². The number of para-hydroxylation sites is 1. The van der Waals surface area contributed by atoms with Gasteiger partial charge >= 0.3 is 12.2 Å². The van der Waals surface area contributed by atoms with Crippen LogP contribution in [0.15, 0.2) is 66.9 Å². The van der Waals surface area contributed by atoms with E-state index in [-0.39, 0.29) is 5.69 Å². The van der Waals surface area contributed by atoms with Crippen LogP contribution in [0.4, 0.5) is 35.2 Å². The van der Waals surface area contributed by atoms with Gasteiger partial charge in [0.25, 0.3) is 0 Å². The van der Waals surface area contributed by atoms with Crippen LogP contribution in [0.25, 0.3) is 0 Å². The fraction of sp³-hybridized carbons (Fsp3) is 0.0588. The Labute approximate surface area is 141 Å². The van der Waals surface area contributed by atoms with Crippen molar-refractivity contribution >= 4 is 23.2 Å². The summed E-state index contributed by atoms with van der Waals surface area (Å²) in [5.74, 6) is 0.426. The number of nitrogens with one attached hydrogen (secondary N) is 2. The molecule has 25 heavy (non-hydrogen) atoms. The van der Waals surface area contributed by atoms with Crippen LogP contribution in [0, 0.1) is 0 Å². The quantitative estimate of drug-likeness (QED) is 0.716. The Hall–Kier alpha value is -3.29. The highest BCUT2D eigenvalue weighted by molar-refractivity contribution is 6.06. The van der Waals surface area contributed by atoms with Crippen LogP contribution in [0.1, 0.15) is 5.56 Å².